The van der Waals surface area contributed by atoms with E-state index in [2.05, 4.69) is 15.8 Å². The number of hydrogen-bond acceptors (Lipinski definition) is 7. The highest BCUT2D eigenvalue weighted by atomic mass is 16.5. The average Bonchev–Trinajstić information content (AvgIpc) is 3.53. The minimum absolute atomic E-state index is 0.0510. The first-order chi connectivity index (χ1) is 19.3. The maximum absolute atomic E-state index is 13.9. The SMILES string of the molecule is CC[C@H](C)[C@H](NC(=O)[C@H](CC1CCCCC1)NC(=O)c1ccno1)C(=O)N1CCc2cc(OC)c(OC)cc2C1. The van der Waals surface area contributed by atoms with E-state index in [1.165, 1.54) is 18.7 Å². The van der Waals surface area contributed by atoms with Gasteiger partial charge in [0, 0.05) is 19.2 Å². The Morgan fingerprint density at radius 3 is 2.40 bits per heavy atom. The van der Waals surface area contributed by atoms with Crippen molar-refractivity contribution in [2.75, 3.05) is 20.8 Å². The Hall–Kier alpha value is -3.56. The lowest BCUT2D eigenvalue weighted by atomic mass is 9.84. The molecule has 40 heavy (non-hydrogen) atoms. The molecule has 2 N–H and O–H groups in total. The monoisotopic (exact) mass is 554 g/mol. The molecule has 4 rings (SSSR count). The van der Waals surface area contributed by atoms with E-state index in [4.69, 9.17) is 14.0 Å². The van der Waals surface area contributed by atoms with Crippen LogP contribution in [0.1, 0.15) is 80.5 Å². The van der Waals surface area contributed by atoms with Crippen LogP contribution in [-0.2, 0) is 22.6 Å². The van der Waals surface area contributed by atoms with Crippen molar-refractivity contribution < 1.29 is 28.4 Å². The number of ether oxygens (including phenoxy) is 2. The van der Waals surface area contributed by atoms with Crippen LogP contribution in [0.25, 0.3) is 0 Å². The quantitative estimate of drug-likeness (QED) is 0.432. The molecule has 3 atom stereocenters. The van der Waals surface area contributed by atoms with Gasteiger partial charge in [-0.2, -0.15) is 0 Å². The van der Waals surface area contributed by atoms with Crippen LogP contribution < -0.4 is 20.1 Å². The second-order valence-corrected chi connectivity index (χ2v) is 11.0. The van der Waals surface area contributed by atoms with E-state index < -0.39 is 18.0 Å². The van der Waals surface area contributed by atoms with Crippen LogP contribution in [-0.4, -0.2) is 60.6 Å². The highest BCUT2D eigenvalue weighted by Crippen LogP contribution is 2.34. The van der Waals surface area contributed by atoms with Gasteiger partial charge in [-0.05, 0) is 47.9 Å². The Bertz CT molecular complexity index is 1160. The lowest BCUT2D eigenvalue weighted by Crippen LogP contribution is -2.57. The van der Waals surface area contributed by atoms with Gasteiger partial charge in [0.2, 0.25) is 17.6 Å². The first kappa shape index (κ1) is 29.4. The van der Waals surface area contributed by atoms with E-state index in [0.29, 0.717) is 49.8 Å². The average molecular weight is 555 g/mol. The topological polar surface area (TPSA) is 123 Å². The number of amides is 3. The molecule has 0 spiro atoms. The second kappa shape index (κ2) is 13.7. The van der Waals surface area contributed by atoms with Gasteiger partial charge >= 0.3 is 0 Å². The minimum atomic E-state index is -0.779. The Labute approximate surface area is 236 Å². The van der Waals surface area contributed by atoms with Crippen molar-refractivity contribution in [3.05, 3.63) is 41.3 Å². The summed E-state index contributed by atoms with van der Waals surface area (Å²) in [6.07, 6.45) is 8.79. The Morgan fingerprint density at radius 1 is 1.07 bits per heavy atom. The summed E-state index contributed by atoms with van der Waals surface area (Å²) in [6.45, 7) is 4.94. The Kier molecular flexibility index (Phi) is 10.1. The third-order valence-corrected chi connectivity index (χ3v) is 8.38. The number of methoxy groups -OCH3 is 2. The van der Waals surface area contributed by atoms with Gasteiger partial charge in [-0.15, -0.1) is 0 Å². The fourth-order valence-corrected chi connectivity index (χ4v) is 5.75. The summed E-state index contributed by atoms with van der Waals surface area (Å²) < 4.78 is 15.9. The normalized spacial score (nSPS) is 17.8. The molecule has 1 aromatic heterocycles. The molecule has 10 heteroatoms. The lowest BCUT2D eigenvalue weighted by Gasteiger charge is -2.35. The maximum Gasteiger partial charge on any atom is 0.290 e. The zero-order chi connectivity index (χ0) is 28.6. The third-order valence-electron chi connectivity index (χ3n) is 8.38. The molecule has 218 valence electrons. The zero-order valence-electron chi connectivity index (χ0n) is 24.0. The summed E-state index contributed by atoms with van der Waals surface area (Å²) in [5.41, 5.74) is 2.12. The predicted molar refractivity (Wildman–Crippen MR) is 149 cm³/mol. The maximum atomic E-state index is 13.9. The number of nitrogens with zero attached hydrogens (tertiary/aromatic N) is 2. The van der Waals surface area contributed by atoms with Gasteiger partial charge in [-0.1, -0.05) is 57.5 Å². The number of nitrogens with one attached hydrogen (secondary N) is 2. The highest BCUT2D eigenvalue weighted by molar-refractivity contribution is 5.96. The molecule has 2 aliphatic rings. The van der Waals surface area contributed by atoms with Crippen LogP contribution >= 0.6 is 0 Å². The molecular formula is C30H42N4O6. The number of carbonyl (C=O) groups excluding carboxylic acids is 3. The summed E-state index contributed by atoms with van der Waals surface area (Å²) >= 11 is 0. The van der Waals surface area contributed by atoms with Crippen LogP contribution in [0.2, 0.25) is 0 Å². The van der Waals surface area contributed by atoms with Crippen molar-refractivity contribution in [2.24, 2.45) is 11.8 Å². The molecule has 0 radical (unpaired) electrons. The van der Waals surface area contributed by atoms with Crippen molar-refractivity contribution in [3.8, 4) is 11.5 Å². The van der Waals surface area contributed by atoms with Gasteiger partial charge in [0.15, 0.2) is 11.5 Å². The standard InChI is InChI=1S/C30H42N4O6/c1-5-19(2)27(30(37)34-14-12-21-16-25(38-3)26(39-4)17-22(21)18-34)33-28(35)23(15-20-9-7-6-8-10-20)32-29(36)24-11-13-31-40-24/h11,13,16-17,19-20,23,27H,5-10,12,14-15,18H2,1-4H3,(H,32,36)(H,33,35)/t19-,23-,27-/m0/s1. The van der Waals surface area contributed by atoms with Crippen LogP contribution in [0.15, 0.2) is 28.9 Å². The summed E-state index contributed by atoms with van der Waals surface area (Å²) in [4.78, 5) is 42.2. The lowest BCUT2D eigenvalue weighted by molar-refractivity contribution is -0.139. The van der Waals surface area contributed by atoms with Crippen LogP contribution in [0.4, 0.5) is 0 Å². The van der Waals surface area contributed by atoms with Gasteiger partial charge in [-0.25, -0.2) is 0 Å². The number of rotatable bonds is 11. The Balaban J connectivity index is 1.50. The van der Waals surface area contributed by atoms with E-state index in [1.807, 2.05) is 26.0 Å². The third kappa shape index (κ3) is 6.95. The molecule has 1 aliphatic heterocycles. The summed E-state index contributed by atoms with van der Waals surface area (Å²) in [6, 6.07) is 3.87. The molecule has 0 bridgehead atoms. The summed E-state index contributed by atoms with van der Waals surface area (Å²) in [5, 5.41) is 9.49. The molecule has 3 amide bonds. The molecule has 10 nitrogen and oxygen atoms in total. The first-order valence-corrected chi connectivity index (χ1v) is 14.4. The van der Waals surface area contributed by atoms with Crippen molar-refractivity contribution >= 4 is 17.7 Å². The van der Waals surface area contributed by atoms with Crippen molar-refractivity contribution in [1.29, 1.82) is 0 Å². The fourth-order valence-electron chi connectivity index (χ4n) is 5.75. The molecule has 0 saturated heterocycles. The predicted octanol–water partition coefficient (Wildman–Crippen LogP) is 3.88. The molecular weight excluding hydrogens is 512 g/mol. The fraction of sp³-hybridized carbons (Fsp3) is 0.600. The molecule has 0 unspecified atom stereocenters. The molecule has 2 aromatic rings. The number of benzene rings is 1. The van der Waals surface area contributed by atoms with E-state index >= 15 is 0 Å². The van der Waals surface area contributed by atoms with E-state index in [-0.39, 0.29) is 23.5 Å². The number of fused-ring (bicyclic) bond motifs is 1. The number of carbonyl (C=O) groups is 3. The van der Waals surface area contributed by atoms with Gasteiger partial charge < -0.3 is 29.5 Å². The van der Waals surface area contributed by atoms with Crippen molar-refractivity contribution in [2.45, 2.75) is 83.8 Å². The largest absolute Gasteiger partial charge is 0.493 e. The number of aromatic nitrogens is 1. The smallest absolute Gasteiger partial charge is 0.290 e. The van der Waals surface area contributed by atoms with Gasteiger partial charge in [0.1, 0.15) is 12.1 Å². The van der Waals surface area contributed by atoms with Gasteiger partial charge in [0.25, 0.3) is 5.91 Å². The van der Waals surface area contributed by atoms with E-state index in [1.54, 1.807) is 19.1 Å². The summed E-state index contributed by atoms with van der Waals surface area (Å²) in [5.74, 6) is 0.623. The highest BCUT2D eigenvalue weighted by Gasteiger charge is 2.35. The molecule has 2 heterocycles. The molecule has 1 aromatic carbocycles. The second-order valence-electron chi connectivity index (χ2n) is 11.0. The van der Waals surface area contributed by atoms with Gasteiger partial charge in [0.05, 0.1) is 20.4 Å². The van der Waals surface area contributed by atoms with E-state index in [0.717, 1.165) is 36.8 Å². The van der Waals surface area contributed by atoms with Crippen molar-refractivity contribution in [3.63, 3.8) is 0 Å². The summed E-state index contributed by atoms with van der Waals surface area (Å²) in [7, 11) is 3.20. The first-order valence-electron chi connectivity index (χ1n) is 14.4. The minimum Gasteiger partial charge on any atom is -0.493 e. The number of hydrogen-bond donors (Lipinski definition) is 2. The van der Waals surface area contributed by atoms with E-state index in [9.17, 15) is 14.4 Å². The van der Waals surface area contributed by atoms with Crippen molar-refractivity contribution in [1.82, 2.24) is 20.7 Å². The Morgan fingerprint density at radius 2 is 1.77 bits per heavy atom. The van der Waals surface area contributed by atoms with Gasteiger partial charge in [-0.3, -0.25) is 14.4 Å². The van der Waals surface area contributed by atoms with Crippen LogP contribution in [0, 0.1) is 11.8 Å². The zero-order valence-corrected chi connectivity index (χ0v) is 24.0. The van der Waals surface area contributed by atoms with Crippen LogP contribution in [0.3, 0.4) is 0 Å². The molecule has 1 fully saturated rings. The molecule has 1 aliphatic carbocycles. The molecule has 1 saturated carbocycles. The van der Waals surface area contributed by atoms with Crippen LogP contribution in [0.5, 0.6) is 11.5 Å².